The summed E-state index contributed by atoms with van der Waals surface area (Å²) in [7, 11) is -3.35. The van der Waals surface area contributed by atoms with Crippen LogP contribution in [0.15, 0.2) is 29.8 Å². The first kappa shape index (κ1) is 25.6. The third kappa shape index (κ3) is 7.19. The molecule has 1 aliphatic rings. The summed E-state index contributed by atoms with van der Waals surface area (Å²) < 4.78 is 28.4. The highest BCUT2D eigenvalue weighted by Gasteiger charge is 2.30. The SMILES string of the molecule is CC1=C(C(=O)N[C@@H](C)C(=O)N[C@@H](CCS(C)(=O)=O)C(=O)OC(C)(C)C)Cc2ccccc21. The molecule has 0 heterocycles. The number of esters is 1. The Morgan fingerprint density at radius 1 is 1.12 bits per heavy atom. The van der Waals surface area contributed by atoms with E-state index < -0.39 is 39.4 Å². The third-order valence-electron chi connectivity index (χ3n) is 5.04. The van der Waals surface area contributed by atoms with E-state index in [0.717, 1.165) is 23.0 Å². The second-order valence-corrected chi connectivity index (χ2v) is 11.4. The molecule has 0 spiro atoms. The zero-order valence-electron chi connectivity index (χ0n) is 19.4. The number of carbonyl (C=O) groups excluding carboxylic acids is 3. The van der Waals surface area contributed by atoms with Crippen LogP contribution in [0.4, 0.5) is 0 Å². The molecule has 32 heavy (non-hydrogen) atoms. The first-order valence-electron chi connectivity index (χ1n) is 10.5. The average Bonchev–Trinajstić information content (AvgIpc) is 2.99. The van der Waals surface area contributed by atoms with Crippen LogP contribution < -0.4 is 10.6 Å². The lowest BCUT2D eigenvalue weighted by Gasteiger charge is -2.25. The van der Waals surface area contributed by atoms with Gasteiger partial charge in [-0.2, -0.15) is 0 Å². The summed E-state index contributed by atoms with van der Waals surface area (Å²) in [6, 6.07) is 5.65. The fraction of sp³-hybridized carbons (Fsp3) is 0.522. The van der Waals surface area contributed by atoms with Gasteiger partial charge in [0.25, 0.3) is 0 Å². The number of fused-ring (bicyclic) bond motifs is 1. The van der Waals surface area contributed by atoms with Crippen LogP contribution in [0.3, 0.4) is 0 Å². The lowest BCUT2D eigenvalue weighted by Crippen LogP contribution is -2.52. The molecule has 9 heteroatoms. The Morgan fingerprint density at radius 3 is 2.31 bits per heavy atom. The van der Waals surface area contributed by atoms with Crippen LogP contribution >= 0.6 is 0 Å². The maximum atomic E-state index is 12.8. The Hall–Kier alpha value is -2.68. The molecule has 2 rings (SSSR count). The number of amides is 2. The molecule has 0 aliphatic heterocycles. The molecule has 0 unspecified atom stereocenters. The molecule has 0 bridgehead atoms. The van der Waals surface area contributed by atoms with Crippen molar-refractivity contribution < 1.29 is 27.5 Å². The standard InChI is InChI=1S/C23H32N2O6S/c1-14-17-10-8-7-9-16(17)13-18(14)21(27)24-15(2)20(26)25-19(11-12-32(6,29)30)22(28)31-23(3,4)5/h7-10,15,19H,11-13H2,1-6H3,(H,24,27)(H,25,26)/t15-,19-/m0/s1. The van der Waals surface area contributed by atoms with Gasteiger partial charge in [0, 0.05) is 18.2 Å². The molecule has 0 fully saturated rings. The summed E-state index contributed by atoms with van der Waals surface area (Å²) in [6.45, 7) is 8.42. The molecule has 2 atom stereocenters. The largest absolute Gasteiger partial charge is 0.458 e. The van der Waals surface area contributed by atoms with Gasteiger partial charge in [-0.3, -0.25) is 9.59 Å². The van der Waals surface area contributed by atoms with Crippen molar-refractivity contribution in [3.05, 3.63) is 41.0 Å². The number of benzene rings is 1. The van der Waals surface area contributed by atoms with E-state index in [1.165, 1.54) is 6.92 Å². The molecule has 2 N–H and O–H groups in total. The topological polar surface area (TPSA) is 119 Å². The minimum absolute atomic E-state index is 0.125. The van der Waals surface area contributed by atoms with Crippen molar-refractivity contribution in [3.8, 4) is 0 Å². The lowest BCUT2D eigenvalue weighted by atomic mass is 10.1. The predicted octanol–water partition coefficient (Wildman–Crippen LogP) is 1.78. The van der Waals surface area contributed by atoms with E-state index in [0.29, 0.717) is 12.0 Å². The van der Waals surface area contributed by atoms with E-state index >= 15 is 0 Å². The van der Waals surface area contributed by atoms with Gasteiger partial charge in [0.05, 0.1) is 5.75 Å². The number of sulfone groups is 1. The molecule has 8 nitrogen and oxygen atoms in total. The normalized spacial score (nSPS) is 15.6. The molecule has 0 aromatic heterocycles. The highest BCUT2D eigenvalue weighted by Crippen LogP contribution is 2.32. The van der Waals surface area contributed by atoms with Gasteiger partial charge in [-0.1, -0.05) is 24.3 Å². The van der Waals surface area contributed by atoms with Gasteiger partial charge in [0.1, 0.15) is 27.5 Å². The molecule has 0 saturated carbocycles. The number of ether oxygens (including phenoxy) is 1. The van der Waals surface area contributed by atoms with Crippen molar-refractivity contribution in [2.75, 3.05) is 12.0 Å². The number of rotatable bonds is 8. The van der Waals surface area contributed by atoms with Crippen molar-refractivity contribution in [1.82, 2.24) is 10.6 Å². The highest BCUT2D eigenvalue weighted by molar-refractivity contribution is 7.90. The van der Waals surface area contributed by atoms with Crippen LogP contribution in [0.5, 0.6) is 0 Å². The number of hydrogen-bond donors (Lipinski definition) is 2. The summed E-state index contributed by atoms with van der Waals surface area (Å²) in [4.78, 5) is 38.0. The van der Waals surface area contributed by atoms with Crippen molar-refractivity contribution in [2.24, 2.45) is 0 Å². The molecular formula is C23H32N2O6S. The van der Waals surface area contributed by atoms with E-state index in [9.17, 15) is 22.8 Å². The van der Waals surface area contributed by atoms with Gasteiger partial charge in [-0.25, -0.2) is 13.2 Å². The first-order chi connectivity index (χ1) is 14.7. The lowest BCUT2D eigenvalue weighted by molar-refractivity contribution is -0.158. The fourth-order valence-electron chi connectivity index (χ4n) is 3.38. The molecule has 176 valence electrons. The maximum Gasteiger partial charge on any atom is 0.329 e. The van der Waals surface area contributed by atoms with Crippen LogP contribution in [-0.4, -0.2) is 55.9 Å². The molecule has 1 aliphatic carbocycles. The summed E-state index contributed by atoms with van der Waals surface area (Å²) in [5.41, 5.74) is 2.72. The van der Waals surface area contributed by atoms with E-state index in [-0.39, 0.29) is 18.1 Å². The zero-order valence-corrected chi connectivity index (χ0v) is 20.3. The van der Waals surface area contributed by atoms with Gasteiger partial charge in [-0.15, -0.1) is 0 Å². The minimum Gasteiger partial charge on any atom is -0.458 e. The van der Waals surface area contributed by atoms with Gasteiger partial charge < -0.3 is 15.4 Å². The molecule has 2 amide bonds. The van der Waals surface area contributed by atoms with Crippen LogP contribution in [0.1, 0.15) is 52.2 Å². The fourth-order valence-corrected chi connectivity index (χ4v) is 4.04. The molecule has 0 saturated heterocycles. The van der Waals surface area contributed by atoms with Gasteiger partial charge in [0.2, 0.25) is 11.8 Å². The quantitative estimate of drug-likeness (QED) is 0.566. The van der Waals surface area contributed by atoms with Crippen molar-refractivity contribution in [1.29, 1.82) is 0 Å². The Balaban J connectivity index is 2.06. The summed E-state index contributed by atoms with van der Waals surface area (Å²) in [5, 5.41) is 5.20. The summed E-state index contributed by atoms with van der Waals surface area (Å²) in [6.07, 6.45) is 1.41. The van der Waals surface area contributed by atoms with E-state index in [1.54, 1.807) is 20.8 Å². The number of carbonyl (C=O) groups is 3. The van der Waals surface area contributed by atoms with Gasteiger partial charge in [-0.05, 0) is 57.7 Å². The molecular weight excluding hydrogens is 432 g/mol. The Kier molecular flexibility index (Phi) is 7.88. The van der Waals surface area contributed by atoms with E-state index in [1.807, 2.05) is 31.2 Å². The van der Waals surface area contributed by atoms with Crippen molar-refractivity contribution in [2.45, 2.75) is 65.1 Å². The van der Waals surface area contributed by atoms with Crippen molar-refractivity contribution in [3.63, 3.8) is 0 Å². The molecule has 1 aromatic carbocycles. The van der Waals surface area contributed by atoms with Crippen LogP contribution in [0.25, 0.3) is 5.57 Å². The summed E-state index contributed by atoms with van der Waals surface area (Å²) >= 11 is 0. The van der Waals surface area contributed by atoms with Crippen LogP contribution in [0, 0.1) is 0 Å². The smallest absolute Gasteiger partial charge is 0.329 e. The van der Waals surface area contributed by atoms with E-state index in [2.05, 4.69) is 10.6 Å². The number of nitrogens with one attached hydrogen (secondary N) is 2. The average molecular weight is 465 g/mol. The Morgan fingerprint density at radius 2 is 1.75 bits per heavy atom. The van der Waals surface area contributed by atoms with Gasteiger partial charge >= 0.3 is 5.97 Å². The predicted molar refractivity (Wildman–Crippen MR) is 122 cm³/mol. The first-order valence-corrected chi connectivity index (χ1v) is 12.5. The van der Waals surface area contributed by atoms with E-state index in [4.69, 9.17) is 4.74 Å². The Bertz CT molecular complexity index is 1040. The monoisotopic (exact) mass is 464 g/mol. The van der Waals surface area contributed by atoms with Crippen LogP contribution in [-0.2, 0) is 35.4 Å². The number of hydrogen-bond acceptors (Lipinski definition) is 6. The minimum atomic E-state index is -3.35. The molecule has 0 radical (unpaired) electrons. The summed E-state index contributed by atoms with van der Waals surface area (Å²) in [5.74, 6) is -1.97. The van der Waals surface area contributed by atoms with Crippen LogP contribution in [0.2, 0.25) is 0 Å². The van der Waals surface area contributed by atoms with Gasteiger partial charge in [0.15, 0.2) is 0 Å². The number of allylic oxidation sites excluding steroid dienone is 1. The second kappa shape index (κ2) is 9.85. The second-order valence-electron chi connectivity index (χ2n) is 9.15. The maximum absolute atomic E-state index is 12.8. The highest BCUT2D eigenvalue weighted by atomic mass is 32.2. The zero-order chi connectivity index (χ0) is 24.3. The third-order valence-corrected chi connectivity index (χ3v) is 6.02. The van der Waals surface area contributed by atoms with Crippen molar-refractivity contribution >= 4 is 33.2 Å². The molecule has 1 aromatic rings. The Labute approximate surface area is 189 Å².